The maximum absolute atomic E-state index is 13.1. The average molecular weight is 352 g/mol. The molecule has 6 nitrogen and oxygen atoms in total. The molecule has 2 aromatic rings. The first-order valence-corrected chi connectivity index (χ1v) is 9.11. The van der Waals surface area contributed by atoms with E-state index in [4.69, 9.17) is 0 Å². The van der Waals surface area contributed by atoms with Crippen LogP contribution in [-0.4, -0.2) is 57.2 Å². The predicted octanol–water partition coefficient (Wildman–Crippen LogP) is 2.14. The zero-order chi connectivity index (χ0) is 18.5. The molecule has 2 atom stereocenters. The molecule has 4 heterocycles. The Balaban J connectivity index is 1.61. The molecule has 2 aliphatic rings. The van der Waals surface area contributed by atoms with Gasteiger partial charge in [-0.1, -0.05) is 19.1 Å². The highest BCUT2D eigenvalue weighted by atomic mass is 16.2. The van der Waals surface area contributed by atoms with E-state index in [1.165, 1.54) is 0 Å². The van der Waals surface area contributed by atoms with Crippen LogP contribution >= 0.6 is 0 Å². The van der Waals surface area contributed by atoms with Gasteiger partial charge in [-0.3, -0.25) is 9.59 Å². The number of aryl methyl sites for hydroxylation is 1. The molecule has 4 rings (SSSR count). The number of pyridine rings is 1. The summed E-state index contributed by atoms with van der Waals surface area (Å²) >= 11 is 0. The lowest BCUT2D eigenvalue weighted by Crippen LogP contribution is -2.40. The first kappa shape index (κ1) is 16.8. The Labute approximate surface area is 153 Å². The van der Waals surface area contributed by atoms with Gasteiger partial charge < -0.3 is 14.2 Å². The molecule has 6 heteroatoms. The molecule has 1 spiro atoms. The van der Waals surface area contributed by atoms with E-state index in [0.29, 0.717) is 25.3 Å². The third kappa shape index (κ3) is 2.28. The molecule has 0 aromatic carbocycles. The lowest BCUT2D eigenvalue weighted by molar-refractivity contribution is -0.136. The normalized spacial score (nSPS) is 25.6. The van der Waals surface area contributed by atoms with Crippen LogP contribution in [-0.2, 0) is 4.79 Å². The van der Waals surface area contributed by atoms with E-state index in [0.717, 1.165) is 24.3 Å². The van der Waals surface area contributed by atoms with E-state index in [-0.39, 0.29) is 17.7 Å². The van der Waals surface area contributed by atoms with Gasteiger partial charge in [-0.25, -0.2) is 4.98 Å². The SMILES string of the molecule is C=CCN1CC[C@]2(CN(C(=O)c3nc4ccccn4c3C)C[C@H]2C)C1=O. The topological polar surface area (TPSA) is 57.9 Å². The van der Waals surface area contributed by atoms with Crippen molar-refractivity contribution < 1.29 is 9.59 Å². The number of likely N-dealkylation sites (tertiary alicyclic amines) is 2. The van der Waals surface area contributed by atoms with E-state index in [1.807, 2.05) is 45.5 Å². The summed E-state index contributed by atoms with van der Waals surface area (Å²) in [6.07, 6.45) is 4.48. The summed E-state index contributed by atoms with van der Waals surface area (Å²) in [6.45, 7) is 10.1. The molecule has 136 valence electrons. The number of hydrogen-bond acceptors (Lipinski definition) is 3. The largest absolute Gasteiger partial charge is 0.338 e. The van der Waals surface area contributed by atoms with Crippen LogP contribution in [0.5, 0.6) is 0 Å². The first-order valence-electron chi connectivity index (χ1n) is 9.11. The fourth-order valence-corrected chi connectivity index (χ4v) is 4.48. The second kappa shape index (κ2) is 5.97. The number of hydrogen-bond donors (Lipinski definition) is 0. The van der Waals surface area contributed by atoms with Crippen LogP contribution in [0.3, 0.4) is 0 Å². The molecule has 0 N–H and O–H groups in total. The average Bonchev–Trinajstić information content (AvgIpc) is 3.26. The fraction of sp³-hybridized carbons (Fsp3) is 0.450. The van der Waals surface area contributed by atoms with E-state index in [9.17, 15) is 9.59 Å². The van der Waals surface area contributed by atoms with Crippen molar-refractivity contribution in [3.8, 4) is 0 Å². The zero-order valence-electron chi connectivity index (χ0n) is 15.3. The Bertz CT molecular complexity index is 902. The molecule has 0 radical (unpaired) electrons. The van der Waals surface area contributed by atoms with Crippen molar-refractivity contribution in [2.45, 2.75) is 20.3 Å². The van der Waals surface area contributed by atoms with E-state index in [1.54, 1.807) is 6.08 Å². The Morgan fingerprint density at radius 2 is 2.27 bits per heavy atom. The van der Waals surface area contributed by atoms with Gasteiger partial charge in [0.25, 0.3) is 5.91 Å². The third-order valence-corrected chi connectivity index (χ3v) is 6.06. The van der Waals surface area contributed by atoms with Crippen molar-refractivity contribution in [1.82, 2.24) is 19.2 Å². The summed E-state index contributed by atoms with van der Waals surface area (Å²) in [5.74, 6) is 0.225. The second-order valence-corrected chi connectivity index (χ2v) is 7.51. The van der Waals surface area contributed by atoms with Gasteiger partial charge in [0.1, 0.15) is 11.3 Å². The zero-order valence-corrected chi connectivity index (χ0v) is 15.3. The van der Waals surface area contributed by atoms with Crippen LogP contribution in [0.15, 0.2) is 37.1 Å². The highest BCUT2D eigenvalue weighted by Crippen LogP contribution is 2.45. The third-order valence-electron chi connectivity index (χ3n) is 6.06. The summed E-state index contributed by atoms with van der Waals surface area (Å²) in [6, 6.07) is 5.73. The van der Waals surface area contributed by atoms with Gasteiger partial charge in [0.15, 0.2) is 0 Å². The number of fused-ring (bicyclic) bond motifs is 1. The van der Waals surface area contributed by atoms with Crippen LogP contribution in [0.1, 0.15) is 29.5 Å². The van der Waals surface area contributed by atoms with Crippen LogP contribution < -0.4 is 0 Å². The van der Waals surface area contributed by atoms with Gasteiger partial charge in [-0.15, -0.1) is 6.58 Å². The molecule has 0 saturated carbocycles. The van der Waals surface area contributed by atoms with E-state index in [2.05, 4.69) is 18.5 Å². The number of nitrogens with zero attached hydrogens (tertiary/aromatic N) is 4. The van der Waals surface area contributed by atoms with Crippen molar-refractivity contribution in [3.63, 3.8) is 0 Å². The number of carbonyl (C=O) groups is 2. The van der Waals surface area contributed by atoms with Crippen molar-refractivity contribution >= 4 is 17.5 Å². The molecule has 2 aliphatic heterocycles. The molecule has 0 aliphatic carbocycles. The van der Waals surface area contributed by atoms with Crippen molar-refractivity contribution in [1.29, 1.82) is 0 Å². The Kier molecular flexibility index (Phi) is 3.86. The molecule has 2 aromatic heterocycles. The van der Waals surface area contributed by atoms with E-state index >= 15 is 0 Å². The maximum atomic E-state index is 13.1. The molecule has 26 heavy (non-hydrogen) atoms. The fourth-order valence-electron chi connectivity index (χ4n) is 4.48. The summed E-state index contributed by atoms with van der Waals surface area (Å²) in [7, 11) is 0. The van der Waals surface area contributed by atoms with Crippen LogP contribution in [0.4, 0.5) is 0 Å². The number of amides is 2. The number of aromatic nitrogens is 2. The smallest absolute Gasteiger partial charge is 0.274 e. The molecule has 2 fully saturated rings. The molecule has 2 saturated heterocycles. The van der Waals surface area contributed by atoms with Crippen LogP contribution in [0.25, 0.3) is 5.65 Å². The second-order valence-electron chi connectivity index (χ2n) is 7.51. The van der Waals surface area contributed by atoms with Crippen molar-refractivity contribution in [2.75, 3.05) is 26.2 Å². The monoisotopic (exact) mass is 352 g/mol. The number of rotatable bonds is 3. The first-order chi connectivity index (χ1) is 12.5. The Morgan fingerprint density at radius 3 is 3.00 bits per heavy atom. The number of carbonyl (C=O) groups excluding carboxylic acids is 2. The van der Waals surface area contributed by atoms with Gasteiger partial charge in [0.05, 0.1) is 11.1 Å². The molecule has 0 unspecified atom stereocenters. The molecular weight excluding hydrogens is 328 g/mol. The quantitative estimate of drug-likeness (QED) is 0.795. The summed E-state index contributed by atoms with van der Waals surface area (Å²) in [5.41, 5.74) is 1.63. The van der Waals surface area contributed by atoms with Crippen LogP contribution in [0.2, 0.25) is 0 Å². The van der Waals surface area contributed by atoms with Gasteiger partial charge in [-0.05, 0) is 31.4 Å². The summed E-state index contributed by atoms with van der Waals surface area (Å²) in [4.78, 5) is 34.3. The molecule has 0 bridgehead atoms. The van der Waals surface area contributed by atoms with Gasteiger partial charge in [0, 0.05) is 32.4 Å². The van der Waals surface area contributed by atoms with Gasteiger partial charge in [0.2, 0.25) is 5.91 Å². The van der Waals surface area contributed by atoms with Gasteiger partial charge in [-0.2, -0.15) is 0 Å². The highest BCUT2D eigenvalue weighted by molar-refractivity contribution is 5.96. The Morgan fingerprint density at radius 1 is 1.46 bits per heavy atom. The van der Waals surface area contributed by atoms with Crippen molar-refractivity contribution in [2.24, 2.45) is 11.3 Å². The minimum Gasteiger partial charge on any atom is -0.338 e. The minimum atomic E-state index is -0.453. The minimum absolute atomic E-state index is 0.0788. The molecule has 2 amide bonds. The van der Waals surface area contributed by atoms with Crippen LogP contribution in [0, 0.1) is 18.3 Å². The maximum Gasteiger partial charge on any atom is 0.274 e. The standard InChI is InChI=1S/C20H24N4O2/c1-4-9-22-11-8-20(19(22)26)13-23(12-14(20)2)18(25)17-15(3)24-10-6-5-7-16(24)21-17/h4-7,10,14H,1,8-9,11-13H2,2-3H3/t14-,20-/m1/s1. The lowest BCUT2D eigenvalue weighted by atomic mass is 9.78. The predicted molar refractivity (Wildman–Crippen MR) is 98.8 cm³/mol. The summed E-state index contributed by atoms with van der Waals surface area (Å²) < 4.78 is 1.93. The van der Waals surface area contributed by atoms with Crippen molar-refractivity contribution in [3.05, 3.63) is 48.4 Å². The van der Waals surface area contributed by atoms with Gasteiger partial charge >= 0.3 is 0 Å². The molecular formula is C20H24N4O2. The Hall–Kier alpha value is -2.63. The highest BCUT2D eigenvalue weighted by Gasteiger charge is 2.55. The van der Waals surface area contributed by atoms with E-state index < -0.39 is 5.41 Å². The lowest BCUT2D eigenvalue weighted by Gasteiger charge is -2.26. The number of imidazole rings is 1. The summed E-state index contributed by atoms with van der Waals surface area (Å²) in [5, 5.41) is 0.